The number of thiazole rings is 1. The van der Waals surface area contributed by atoms with Crippen molar-refractivity contribution in [1.29, 1.82) is 0 Å². The number of aromatic nitrogens is 2. The van der Waals surface area contributed by atoms with Gasteiger partial charge in [-0.05, 0) is 65.9 Å². The molecule has 166 valence electrons. The molecule has 2 aromatic heterocycles. The van der Waals surface area contributed by atoms with E-state index >= 15 is 0 Å². The maximum Gasteiger partial charge on any atom is 0.339 e. The van der Waals surface area contributed by atoms with E-state index in [-0.39, 0.29) is 12.6 Å². The minimum Gasteiger partial charge on any atom is -0.455 e. The second-order valence-corrected chi connectivity index (χ2v) is 9.76. The lowest BCUT2D eigenvalue weighted by Gasteiger charge is -2.12. The molecule has 0 radical (unpaired) electrons. The number of nitrogens with zero attached hydrogens (tertiary/aromatic N) is 2. The molecule has 4 nitrogen and oxygen atoms in total. The summed E-state index contributed by atoms with van der Waals surface area (Å²) in [6.07, 6.45) is 3.69. The third-order valence-corrected chi connectivity index (χ3v) is 7.28. The summed E-state index contributed by atoms with van der Waals surface area (Å²) in [5.41, 5.74) is 6.32. The molecule has 0 bridgehead atoms. The van der Waals surface area contributed by atoms with Gasteiger partial charge in [0.05, 0.1) is 27.0 Å². The Kier molecular flexibility index (Phi) is 5.36. The van der Waals surface area contributed by atoms with Crippen LogP contribution in [0.5, 0.6) is 0 Å². The number of hydrogen-bond donors (Lipinski definition) is 0. The Labute approximate surface area is 205 Å². The van der Waals surface area contributed by atoms with Gasteiger partial charge in [0.2, 0.25) is 0 Å². The second-order valence-electron chi connectivity index (χ2n) is 8.20. The molecule has 1 aliphatic rings. The highest BCUT2D eigenvalue weighted by Crippen LogP contribution is 2.38. The van der Waals surface area contributed by atoms with Crippen molar-refractivity contribution >= 4 is 61.7 Å². The van der Waals surface area contributed by atoms with Crippen LogP contribution >= 0.6 is 22.9 Å². The van der Waals surface area contributed by atoms with Crippen LogP contribution in [0.15, 0.2) is 72.8 Å². The number of para-hydroxylation sites is 2. The van der Waals surface area contributed by atoms with Crippen LogP contribution in [0, 0.1) is 0 Å². The summed E-state index contributed by atoms with van der Waals surface area (Å²) in [6.45, 7) is 0.150. The number of hydrogen-bond acceptors (Lipinski definition) is 5. The summed E-state index contributed by atoms with van der Waals surface area (Å²) >= 11 is 7.59. The predicted molar refractivity (Wildman–Crippen MR) is 138 cm³/mol. The molecule has 1 aliphatic carbocycles. The largest absolute Gasteiger partial charge is 0.455 e. The number of allylic oxidation sites excluding steroid dienone is 1. The van der Waals surface area contributed by atoms with Crippen molar-refractivity contribution in [1.82, 2.24) is 9.97 Å². The molecule has 3 aromatic carbocycles. The van der Waals surface area contributed by atoms with Crippen molar-refractivity contribution < 1.29 is 9.53 Å². The Balaban J connectivity index is 1.37. The van der Waals surface area contributed by atoms with Gasteiger partial charge in [-0.3, -0.25) is 0 Å². The second kappa shape index (κ2) is 8.67. The number of ether oxygens (including phenoxy) is 1. The molecule has 0 unspecified atom stereocenters. The van der Waals surface area contributed by atoms with Crippen LogP contribution in [0.2, 0.25) is 5.02 Å². The Hall–Kier alpha value is -3.54. The zero-order valence-electron chi connectivity index (χ0n) is 18.1. The molecule has 0 fully saturated rings. The molecule has 0 atom stereocenters. The van der Waals surface area contributed by atoms with E-state index in [2.05, 4.69) is 11.1 Å². The molecule has 0 amide bonds. The molecule has 0 spiro atoms. The van der Waals surface area contributed by atoms with Gasteiger partial charge < -0.3 is 4.74 Å². The monoisotopic (exact) mass is 482 g/mol. The first-order chi connectivity index (χ1) is 16.7. The van der Waals surface area contributed by atoms with E-state index in [1.165, 1.54) is 0 Å². The van der Waals surface area contributed by atoms with E-state index in [9.17, 15) is 4.79 Å². The summed E-state index contributed by atoms with van der Waals surface area (Å²) < 4.78 is 6.87. The molecule has 2 heterocycles. The maximum atomic E-state index is 13.4. The van der Waals surface area contributed by atoms with Crippen LogP contribution in [-0.4, -0.2) is 15.9 Å². The van der Waals surface area contributed by atoms with Gasteiger partial charge in [-0.15, -0.1) is 11.3 Å². The fourth-order valence-electron chi connectivity index (χ4n) is 4.45. The van der Waals surface area contributed by atoms with Gasteiger partial charge >= 0.3 is 5.97 Å². The third kappa shape index (κ3) is 3.87. The summed E-state index contributed by atoms with van der Waals surface area (Å²) in [6, 6.07) is 23.4. The van der Waals surface area contributed by atoms with Crippen molar-refractivity contribution in [2.75, 3.05) is 0 Å². The smallest absolute Gasteiger partial charge is 0.339 e. The molecule has 0 saturated carbocycles. The van der Waals surface area contributed by atoms with E-state index < -0.39 is 0 Å². The lowest BCUT2D eigenvalue weighted by molar-refractivity contribution is 0.0473. The standard InChI is InChI=1S/C28H19ClN2O2S/c29-19-12-9-17(10-13-19)15-18-11-14-21-26(20-5-1-2-6-22(20)31-27(18)21)28(32)33-16-25-30-23-7-3-4-8-24(23)34-25/h1-10,12-13,15H,11,14,16H2/b18-15-. The van der Waals surface area contributed by atoms with E-state index in [0.29, 0.717) is 10.6 Å². The van der Waals surface area contributed by atoms with Crippen molar-refractivity contribution in [3.8, 4) is 0 Å². The fraction of sp³-hybridized carbons (Fsp3) is 0.107. The van der Waals surface area contributed by atoms with Gasteiger partial charge in [0.25, 0.3) is 0 Å². The first-order valence-corrected chi connectivity index (χ1v) is 12.2. The average molecular weight is 483 g/mol. The summed E-state index contributed by atoms with van der Waals surface area (Å²) in [5, 5.41) is 2.31. The Morgan fingerprint density at radius 3 is 2.53 bits per heavy atom. The van der Waals surface area contributed by atoms with Crippen molar-refractivity contribution in [3.63, 3.8) is 0 Å². The van der Waals surface area contributed by atoms with Crippen LogP contribution in [-0.2, 0) is 17.8 Å². The molecule has 0 N–H and O–H groups in total. The normalized spacial score (nSPS) is 14.1. The lowest BCUT2D eigenvalue weighted by atomic mass is 10.0. The number of rotatable bonds is 4. The van der Waals surface area contributed by atoms with E-state index in [1.54, 1.807) is 11.3 Å². The molecular formula is C28H19ClN2O2S. The van der Waals surface area contributed by atoms with Gasteiger partial charge in [0, 0.05) is 10.4 Å². The molecule has 34 heavy (non-hydrogen) atoms. The average Bonchev–Trinajstić information content (AvgIpc) is 3.46. The molecule has 6 rings (SSSR count). The van der Waals surface area contributed by atoms with Crippen LogP contribution in [0.25, 0.3) is 32.8 Å². The van der Waals surface area contributed by atoms with E-state index in [4.69, 9.17) is 21.3 Å². The van der Waals surface area contributed by atoms with E-state index in [0.717, 1.165) is 61.4 Å². The highest BCUT2D eigenvalue weighted by Gasteiger charge is 2.27. The first-order valence-electron chi connectivity index (χ1n) is 11.1. The minimum atomic E-state index is -0.332. The maximum absolute atomic E-state index is 13.4. The molecular weight excluding hydrogens is 464 g/mol. The molecule has 5 aromatic rings. The summed E-state index contributed by atoms with van der Waals surface area (Å²) in [4.78, 5) is 22.9. The number of carbonyl (C=O) groups excluding carboxylic acids is 1. The van der Waals surface area contributed by atoms with E-state index in [1.807, 2.05) is 72.8 Å². The topological polar surface area (TPSA) is 52.1 Å². The third-order valence-electron chi connectivity index (χ3n) is 6.02. The predicted octanol–water partition coefficient (Wildman–Crippen LogP) is 7.34. The Bertz CT molecular complexity index is 1550. The van der Waals surface area contributed by atoms with Crippen molar-refractivity contribution in [2.24, 2.45) is 0 Å². The quantitative estimate of drug-likeness (QED) is 0.251. The SMILES string of the molecule is O=C(OCc1nc2ccccc2s1)c1c2c(nc3ccccc13)/C(=C\c1ccc(Cl)cc1)CC2. The summed E-state index contributed by atoms with van der Waals surface area (Å²) in [7, 11) is 0. The number of pyridine rings is 1. The fourth-order valence-corrected chi connectivity index (χ4v) is 5.46. The Morgan fingerprint density at radius 2 is 1.71 bits per heavy atom. The zero-order chi connectivity index (χ0) is 23.1. The molecule has 0 aliphatic heterocycles. The van der Waals surface area contributed by atoms with Crippen LogP contribution < -0.4 is 0 Å². The first kappa shape index (κ1) is 21.0. The van der Waals surface area contributed by atoms with Gasteiger partial charge in [0.15, 0.2) is 0 Å². The van der Waals surface area contributed by atoms with Crippen LogP contribution in [0.3, 0.4) is 0 Å². The zero-order valence-corrected chi connectivity index (χ0v) is 19.7. The van der Waals surface area contributed by atoms with Crippen LogP contribution in [0.4, 0.5) is 0 Å². The van der Waals surface area contributed by atoms with Gasteiger partial charge in [0.1, 0.15) is 11.6 Å². The number of halogens is 1. The molecule has 0 saturated heterocycles. The van der Waals surface area contributed by atoms with Gasteiger partial charge in [-0.1, -0.05) is 54.1 Å². The lowest BCUT2D eigenvalue weighted by Crippen LogP contribution is -2.10. The number of fused-ring (bicyclic) bond motifs is 3. The number of esters is 1. The molecule has 6 heteroatoms. The Morgan fingerprint density at radius 1 is 0.941 bits per heavy atom. The van der Waals surface area contributed by atoms with Crippen molar-refractivity contribution in [2.45, 2.75) is 19.4 Å². The van der Waals surface area contributed by atoms with Gasteiger partial charge in [-0.25, -0.2) is 14.8 Å². The highest BCUT2D eigenvalue weighted by atomic mass is 35.5. The minimum absolute atomic E-state index is 0.150. The highest BCUT2D eigenvalue weighted by molar-refractivity contribution is 7.18. The van der Waals surface area contributed by atoms with Gasteiger partial charge in [-0.2, -0.15) is 0 Å². The number of benzene rings is 3. The van der Waals surface area contributed by atoms with Crippen molar-refractivity contribution in [3.05, 3.63) is 105 Å². The summed E-state index contributed by atoms with van der Waals surface area (Å²) in [5.74, 6) is -0.332. The van der Waals surface area contributed by atoms with Crippen LogP contribution in [0.1, 0.15) is 38.6 Å². The number of carbonyl (C=O) groups is 1.